The molecule has 2 aromatic rings. The molecule has 0 aliphatic rings. The highest BCUT2D eigenvalue weighted by Gasteiger charge is 2.20. The quantitative estimate of drug-likeness (QED) is 0.866. The van der Waals surface area contributed by atoms with E-state index in [4.69, 9.17) is 0 Å². The minimum absolute atomic E-state index is 0.136. The van der Waals surface area contributed by atoms with Crippen molar-refractivity contribution in [3.8, 4) is 0 Å². The summed E-state index contributed by atoms with van der Waals surface area (Å²) in [6, 6.07) is 4.78. The van der Waals surface area contributed by atoms with Crippen LogP contribution in [0.25, 0.3) is 0 Å². The molecule has 1 aromatic carbocycles. The Hall–Kier alpha value is -1.44. The fraction of sp³-hybridized carbons (Fsp3) is 0.214. The third-order valence-electron chi connectivity index (χ3n) is 3.09. The maximum Gasteiger partial charge on any atom is 0.262 e. The number of aromatic nitrogens is 1. The van der Waals surface area contributed by atoms with Gasteiger partial charge in [-0.05, 0) is 48.7 Å². The molecule has 0 fully saturated rings. The van der Waals surface area contributed by atoms with Gasteiger partial charge in [-0.1, -0.05) is 15.9 Å². The van der Waals surface area contributed by atoms with Crippen molar-refractivity contribution in [1.82, 2.24) is 4.98 Å². The standard InChI is InChI=1S/C14H15BrN2O3S/c1-9-7-16-4-3-13(9)17-21(19,20)14-6-11(8-18)5-12(15)10(14)2/h3-7,18H,8H2,1-2H3,(H,16,17). The number of aryl methyl sites for hydroxylation is 1. The first-order valence-corrected chi connectivity index (χ1v) is 8.46. The van der Waals surface area contributed by atoms with Gasteiger partial charge in [0.1, 0.15) is 0 Å². The van der Waals surface area contributed by atoms with Crippen LogP contribution in [0.5, 0.6) is 0 Å². The van der Waals surface area contributed by atoms with Gasteiger partial charge in [-0.25, -0.2) is 8.42 Å². The Morgan fingerprint density at radius 2 is 2.05 bits per heavy atom. The average molecular weight is 371 g/mol. The highest BCUT2D eigenvalue weighted by molar-refractivity contribution is 9.10. The molecule has 0 saturated carbocycles. The molecule has 0 atom stereocenters. The van der Waals surface area contributed by atoms with Gasteiger partial charge in [0, 0.05) is 16.9 Å². The van der Waals surface area contributed by atoms with Crippen molar-refractivity contribution < 1.29 is 13.5 Å². The Kier molecular flexibility index (Phi) is 4.65. The normalized spacial score (nSPS) is 11.4. The zero-order chi connectivity index (χ0) is 15.6. The zero-order valence-electron chi connectivity index (χ0n) is 11.6. The van der Waals surface area contributed by atoms with E-state index in [-0.39, 0.29) is 11.5 Å². The summed E-state index contributed by atoms with van der Waals surface area (Å²) in [6.45, 7) is 3.26. The number of nitrogens with zero attached hydrogens (tertiary/aromatic N) is 1. The molecule has 0 aliphatic heterocycles. The second kappa shape index (κ2) is 6.13. The number of hydrogen-bond donors (Lipinski definition) is 2. The molecule has 2 N–H and O–H groups in total. The lowest BCUT2D eigenvalue weighted by Crippen LogP contribution is -2.15. The number of anilines is 1. The Balaban J connectivity index is 2.50. The van der Waals surface area contributed by atoms with Gasteiger partial charge < -0.3 is 5.11 Å². The van der Waals surface area contributed by atoms with Gasteiger partial charge in [0.15, 0.2) is 0 Å². The van der Waals surface area contributed by atoms with E-state index in [0.717, 1.165) is 5.56 Å². The summed E-state index contributed by atoms with van der Waals surface area (Å²) in [5, 5.41) is 9.23. The Morgan fingerprint density at radius 1 is 1.33 bits per heavy atom. The largest absolute Gasteiger partial charge is 0.392 e. The van der Waals surface area contributed by atoms with E-state index in [1.54, 1.807) is 32.2 Å². The lowest BCUT2D eigenvalue weighted by atomic mass is 10.2. The van der Waals surface area contributed by atoms with Crippen LogP contribution in [0.15, 0.2) is 40.0 Å². The van der Waals surface area contributed by atoms with Crippen molar-refractivity contribution in [2.75, 3.05) is 4.72 Å². The molecule has 0 spiro atoms. The van der Waals surface area contributed by atoms with Crippen LogP contribution in [-0.2, 0) is 16.6 Å². The smallest absolute Gasteiger partial charge is 0.262 e. The van der Waals surface area contributed by atoms with Crippen molar-refractivity contribution in [3.05, 3.63) is 51.8 Å². The van der Waals surface area contributed by atoms with Crippen LogP contribution in [-0.4, -0.2) is 18.5 Å². The van der Waals surface area contributed by atoms with Crippen LogP contribution in [0.4, 0.5) is 5.69 Å². The molecule has 1 aromatic heterocycles. The van der Waals surface area contributed by atoms with E-state index in [1.165, 1.54) is 12.3 Å². The van der Waals surface area contributed by atoms with Gasteiger partial charge in [-0.15, -0.1) is 0 Å². The number of benzene rings is 1. The van der Waals surface area contributed by atoms with Crippen molar-refractivity contribution in [2.24, 2.45) is 0 Å². The predicted molar refractivity (Wildman–Crippen MR) is 84.6 cm³/mol. The van der Waals surface area contributed by atoms with E-state index in [9.17, 15) is 13.5 Å². The van der Waals surface area contributed by atoms with Crippen LogP contribution < -0.4 is 4.72 Å². The molecule has 0 amide bonds. The summed E-state index contributed by atoms with van der Waals surface area (Å²) in [5.41, 5.74) is 2.33. The molecule has 1 heterocycles. The summed E-state index contributed by atoms with van der Waals surface area (Å²) in [7, 11) is -3.74. The summed E-state index contributed by atoms with van der Waals surface area (Å²) in [5.74, 6) is 0. The number of aliphatic hydroxyl groups excluding tert-OH is 1. The van der Waals surface area contributed by atoms with Crippen LogP contribution in [0.2, 0.25) is 0 Å². The van der Waals surface area contributed by atoms with Crippen LogP contribution >= 0.6 is 15.9 Å². The van der Waals surface area contributed by atoms with Gasteiger partial charge in [-0.2, -0.15) is 0 Å². The first kappa shape index (κ1) is 15.9. The number of rotatable bonds is 4. The molecule has 0 unspecified atom stereocenters. The average Bonchev–Trinajstić information content (AvgIpc) is 2.43. The fourth-order valence-corrected chi connectivity index (χ4v) is 3.95. The van der Waals surface area contributed by atoms with E-state index < -0.39 is 10.0 Å². The highest BCUT2D eigenvalue weighted by Crippen LogP contribution is 2.28. The summed E-state index contributed by atoms with van der Waals surface area (Å²) >= 11 is 3.32. The van der Waals surface area contributed by atoms with E-state index in [1.807, 2.05) is 0 Å². The Morgan fingerprint density at radius 3 is 2.67 bits per heavy atom. The number of nitrogens with one attached hydrogen (secondary N) is 1. The van der Waals surface area contributed by atoms with Crippen LogP contribution in [0, 0.1) is 13.8 Å². The topological polar surface area (TPSA) is 79.3 Å². The number of sulfonamides is 1. The lowest BCUT2D eigenvalue weighted by Gasteiger charge is -2.14. The van der Waals surface area contributed by atoms with Crippen molar-refractivity contribution >= 4 is 31.6 Å². The van der Waals surface area contributed by atoms with Gasteiger partial charge in [-0.3, -0.25) is 9.71 Å². The first-order valence-electron chi connectivity index (χ1n) is 6.18. The zero-order valence-corrected chi connectivity index (χ0v) is 14.0. The number of aliphatic hydroxyl groups is 1. The molecule has 0 bridgehead atoms. The van der Waals surface area contributed by atoms with Gasteiger partial charge in [0.2, 0.25) is 0 Å². The highest BCUT2D eigenvalue weighted by atomic mass is 79.9. The molecule has 7 heteroatoms. The maximum absolute atomic E-state index is 12.6. The number of pyridine rings is 1. The van der Waals surface area contributed by atoms with Crippen molar-refractivity contribution in [1.29, 1.82) is 0 Å². The lowest BCUT2D eigenvalue weighted by molar-refractivity contribution is 0.281. The van der Waals surface area contributed by atoms with Gasteiger partial charge in [0.25, 0.3) is 10.0 Å². The Labute approximate surface area is 132 Å². The fourth-order valence-electron chi connectivity index (χ4n) is 1.87. The molecule has 0 aliphatic carbocycles. The second-order valence-electron chi connectivity index (χ2n) is 4.65. The molecule has 2 rings (SSSR count). The van der Waals surface area contributed by atoms with E-state index in [2.05, 4.69) is 25.6 Å². The molecule has 5 nitrogen and oxygen atoms in total. The third kappa shape index (κ3) is 3.42. The summed E-state index contributed by atoms with van der Waals surface area (Å²) in [4.78, 5) is 4.07. The first-order chi connectivity index (χ1) is 9.85. The van der Waals surface area contributed by atoms with E-state index in [0.29, 0.717) is 21.3 Å². The van der Waals surface area contributed by atoms with Crippen molar-refractivity contribution in [2.45, 2.75) is 25.3 Å². The van der Waals surface area contributed by atoms with Crippen LogP contribution in [0.3, 0.4) is 0 Å². The molecular formula is C14H15BrN2O3S. The maximum atomic E-state index is 12.6. The Bertz CT molecular complexity index is 776. The minimum Gasteiger partial charge on any atom is -0.392 e. The number of hydrogen-bond acceptors (Lipinski definition) is 4. The summed E-state index contributed by atoms with van der Waals surface area (Å²) in [6.07, 6.45) is 3.11. The second-order valence-corrected chi connectivity index (χ2v) is 7.16. The molecule has 0 radical (unpaired) electrons. The van der Waals surface area contributed by atoms with E-state index >= 15 is 0 Å². The summed E-state index contributed by atoms with van der Waals surface area (Å²) < 4.78 is 28.3. The minimum atomic E-state index is -3.74. The van der Waals surface area contributed by atoms with Crippen molar-refractivity contribution in [3.63, 3.8) is 0 Å². The number of halogens is 1. The molecule has 21 heavy (non-hydrogen) atoms. The SMILES string of the molecule is Cc1cnccc1NS(=O)(=O)c1cc(CO)cc(Br)c1C. The molecule has 112 valence electrons. The van der Waals surface area contributed by atoms with Gasteiger partial charge >= 0.3 is 0 Å². The molecule has 0 saturated heterocycles. The molecular weight excluding hydrogens is 356 g/mol. The predicted octanol–water partition coefficient (Wildman–Crippen LogP) is 2.75. The van der Waals surface area contributed by atoms with Gasteiger partial charge in [0.05, 0.1) is 17.2 Å². The third-order valence-corrected chi connectivity index (χ3v) is 5.41. The monoisotopic (exact) mass is 370 g/mol. The van der Waals surface area contributed by atoms with Crippen LogP contribution in [0.1, 0.15) is 16.7 Å².